The van der Waals surface area contributed by atoms with Gasteiger partial charge in [-0.3, -0.25) is 0 Å². The van der Waals surface area contributed by atoms with Crippen molar-refractivity contribution in [2.45, 2.75) is 6.92 Å². The minimum absolute atomic E-state index is 0.0373. The summed E-state index contributed by atoms with van der Waals surface area (Å²) >= 11 is 1.43. The van der Waals surface area contributed by atoms with E-state index >= 15 is 0 Å². The van der Waals surface area contributed by atoms with Crippen LogP contribution < -0.4 is 0 Å². The molecule has 0 amide bonds. The van der Waals surface area contributed by atoms with Gasteiger partial charge in [-0.05, 0) is 6.92 Å². The third-order valence-corrected chi connectivity index (χ3v) is 2.43. The van der Waals surface area contributed by atoms with E-state index in [0.29, 0.717) is 5.69 Å². The van der Waals surface area contributed by atoms with Gasteiger partial charge >= 0.3 is 5.97 Å². The van der Waals surface area contributed by atoms with Crippen LogP contribution >= 0.6 is 11.3 Å². The maximum absolute atomic E-state index is 10.7. The van der Waals surface area contributed by atoms with Crippen LogP contribution in [0.2, 0.25) is 0 Å². The van der Waals surface area contributed by atoms with Crippen molar-refractivity contribution < 1.29 is 14.4 Å². The van der Waals surface area contributed by atoms with Crippen molar-refractivity contribution in [2.75, 3.05) is 0 Å². The van der Waals surface area contributed by atoms with Gasteiger partial charge in [-0.25, -0.2) is 9.78 Å². The van der Waals surface area contributed by atoms with Crippen LogP contribution in [-0.2, 0) is 0 Å². The highest BCUT2D eigenvalue weighted by Crippen LogP contribution is 2.24. The maximum Gasteiger partial charge on any atom is 0.341 e. The highest BCUT2D eigenvalue weighted by atomic mass is 32.1. The Balaban J connectivity index is 2.51. The molecule has 0 radical (unpaired) electrons. The fourth-order valence-electron chi connectivity index (χ4n) is 1.04. The van der Waals surface area contributed by atoms with Gasteiger partial charge in [0.05, 0.1) is 11.2 Å². The minimum atomic E-state index is -1.06. The van der Waals surface area contributed by atoms with Gasteiger partial charge < -0.3 is 9.63 Å². The number of hydrogen-bond acceptors (Lipinski definition) is 5. The van der Waals surface area contributed by atoms with E-state index in [4.69, 9.17) is 9.63 Å². The fourth-order valence-corrected chi connectivity index (χ4v) is 1.64. The van der Waals surface area contributed by atoms with Crippen LogP contribution in [0.15, 0.2) is 16.1 Å². The first-order valence-electron chi connectivity index (χ1n) is 3.79. The lowest BCUT2D eigenvalue weighted by Crippen LogP contribution is -1.95. The lowest BCUT2D eigenvalue weighted by molar-refractivity contribution is 0.0697. The average molecular weight is 210 g/mol. The zero-order chi connectivity index (χ0) is 10.1. The molecule has 0 aliphatic carbocycles. The standard InChI is InChI=1S/C8H6N2O3S/c1-4-10-6(3-14-4)7-5(8(11)12)2-9-13-7/h2-3H,1H3,(H,11,12). The lowest BCUT2D eigenvalue weighted by Gasteiger charge is -1.90. The summed E-state index contributed by atoms with van der Waals surface area (Å²) in [6.07, 6.45) is 1.17. The second kappa shape index (κ2) is 3.22. The van der Waals surface area contributed by atoms with E-state index in [9.17, 15) is 4.79 Å². The van der Waals surface area contributed by atoms with Crippen molar-refractivity contribution in [1.29, 1.82) is 0 Å². The topological polar surface area (TPSA) is 76.2 Å². The van der Waals surface area contributed by atoms with Gasteiger partial charge in [0.1, 0.15) is 11.3 Å². The van der Waals surface area contributed by atoms with Gasteiger partial charge in [-0.2, -0.15) is 0 Å². The largest absolute Gasteiger partial charge is 0.477 e. The average Bonchev–Trinajstić information content (AvgIpc) is 2.70. The third kappa shape index (κ3) is 1.39. The number of aryl methyl sites for hydroxylation is 1. The summed E-state index contributed by atoms with van der Waals surface area (Å²) in [7, 11) is 0. The first kappa shape index (κ1) is 8.89. The van der Waals surface area contributed by atoms with Crippen molar-refractivity contribution in [3.05, 3.63) is 22.1 Å². The van der Waals surface area contributed by atoms with Gasteiger partial charge in [0.25, 0.3) is 0 Å². The molecule has 0 spiro atoms. The van der Waals surface area contributed by atoms with Crippen LogP contribution in [0.3, 0.4) is 0 Å². The Morgan fingerprint density at radius 2 is 2.43 bits per heavy atom. The molecule has 0 saturated carbocycles. The van der Waals surface area contributed by atoms with E-state index in [1.165, 1.54) is 17.5 Å². The highest BCUT2D eigenvalue weighted by molar-refractivity contribution is 7.09. The molecule has 0 fully saturated rings. The van der Waals surface area contributed by atoms with Crippen LogP contribution in [0.25, 0.3) is 11.5 Å². The molecule has 0 atom stereocenters. The minimum Gasteiger partial charge on any atom is -0.477 e. The molecule has 5 nitrogen and oxygen atoms in total. The van der Waals surface area contributed by atoms with Gasteiger partial charge in [0, 0.05) is 5.38 Å². The van der Waals surface area contributed by atoms with Crippen LogP contribution in [0, 0.1) is 6.92 Å². The first-order valence-corrected chi connectivity index (χ1v) is 4.67. The molecule has 0 aromatic carbocycles. The van der Waals surface area contributed by atoms with Gasteiger partial charge in [0.15, 0.2) is 0 Å². The van der Waals surface area contributed by atoms with Gasteiger partial charge in [-0.15, -0.1) is 11.3 Å². The van der Waals surface area contributed by atoms with Crippen molar-refractivity contribution in [3.8, 4) is 11.5 Å². The molecular weight excluding hydrogens is 204 g/mol. The third-order valence-electron chi connectivity index (χ3n) is 1.65. The first-order chi connectivity index (χ1) is 6.68. The summed E-state index contributed by atoms with van der Waals surface area (Å²) in [5.74, 6) is -0.853. The zero-order valence-corrected chi connectivity index (χ0v) is 8.04. The van der Waals surface area contributed by atoms with Crippen LogP contribution in [0.1, 0.15) is 15.4 Å². The Morgan fingerprint density at radius 3 is 3.00 bits per heavy atom. The normalized spacial score (nSPS) is 10.4. The Morgan fingerprint density at radius 1 is 1.64 bits per heavy atom. The monoisotopic (exact) mass is 210 g/mol. The Hall–Kier alpha value is -1.69. The number of nitrogens with zero attached hydrogens (tertiary/aromatic N) is 2. The molecule has 2 aromatic heterocycles. The molecule has 0 unspecified atom stereocenters. The number of carboxylic acid groups (broad SMARTS) is 1. The molecule has 2 rings (SSSR count). The Kier molecular flexibility index (Phi) is 2.05. The molecule has 1 N–H and O–H groups in total. The Bertz CT molecular complexity index is 474. The molecule has 6 heteroatoms. The van der Waals surface area contributed by atoms with Crippen LogP contribution in [-0.4, -0.2) is 21.2 Å². The molecule has 72 valence electrons. The van der Waals surface area contributed by atoms with E-state index in [1.54, 1.807) is 5.38 Å². The highest BCUT2D eigenvalue weighted by Gasteiger charge is 2.18. The van der Waals surface area contributed by atoms with E-state index in [1.807, 2.05) is 6.92 Å². The molecule has 0 aliphatic rings. The van der Waals surface area contributed by atoms with Crippen LogP contribution in [0.5, 0.6) is 0 Å². The molecule has 0 aliphatic heterocycles. The summed E-state index contributed by atoms with van der Waals surface area (Å²) in [6, 6.07) is 0. The molecule has 0 saturated heterocycles. The quantitative estimate of drug-likeness (QED) is 0.817. The van der Waals surface area contributed by atoms with Crippen molar-refractivity contribution >= 4 is 17.3 Å². The summed E-state index contributed by atoms with van der Waals surface area (Å²) < 4.78 is 4.84. The fraction of sp³-hybridized carbons (Fsp3) is 0.125. The van der Waals surface area contributed by atoms with Gasteiger partial charge in [-0.1, -0.05) is 5.16 Å². The lowest BCUT2D eigenvalue weighted by atomic mass is 10.2. The summed E-state index contributed by atoms with van der Waals surface area (Å²) in [5, 5.41) is 14.8. The van der Waals surface area contributed by atoms with E-state index in [0.717, 1.165) is 5.01 Å². The van der Waals surface area contributed by atoms with Crippen molar-refractivity contribution in [2.24, 2.45) is 0 Å². The number of rotatable bonds is 2. The number of carbonyl (C=O) groups is 1. The maximum atomic E-state index is 10.7. The summed E-state index contributed by atoms with van der Waals surface area (Å²) in [6.45, 7) is 1.84. The number of carboxylic acids is 1. The molecule has 14 heavy (non-hydrogen) atoms. The predicted octanol–water partition coefficient (Wildman–Crippen LogP) is 1.80. The van der Waals surface area contributed by atoms with E-state index < -0.39 is 5.97 Å². The number of aromatic carboxylic acids is 1. The van der Waals surface area contributed by atoms with Crippen LogP contribution in [0.4, 0.5) is 0 Å². The SMILES string of the molecule is Cc1nc(-c2oncc2C(=O)O)cs1. The van der Waals surface area contributed by atoms with Gasteiger partial charge in [0.2, 0.25) is 5.76 Å². The number of hydrogen-bond donors (Lipinski definition) is 1. The van der Waals surface area contributed by atoms with E-state index in [-0.39, 0.29) is 11.3 Å². The smallest absolute Gasteiger partial charge is 0.341 e. The summed E-state index contributed by atoms with van der Waals surface area (Å²) in [5.41, 5.74) is 0.553. The zero-order valence-electron chi connectivity index (χ0n) is 7.22. The number of thiazole rings is 1. The second-order valence-corrected chi connectivity index (χ2v) is 3.69. The van der Waals surface area contributed by atoms with Crippen molar-refractivity contribution in [3.63, 3.8) is 0 Å². The molecule has 2 heterocycles. The molecular formula is C8H6N2O3S. The van der Waals surface area contributed by atoms with E-state index in [2.05, 4.69) is 10.1 Å². The second-order valence-electron chi connectivity index (χ2n) is 2.63. The van der Waals surface area contributed by atoms with Crippen molar-refractivity contribution in [1.82, 2.24) is 10.1 Å². The predicted molar refractivity (Wildman–Crippen MR) is 49.3 cm³/mol. The number of aromatic nitrogens is 2. The molecule has 2 aromatic rings. The molecule has 0 bridgehead atoms. The summed E-state index contributed by atoms with van der Waals surface area (Å²) in [4.78, 5) is 14.9. The Labute approximate surface area is 83.0 Å².